The number of hydrogen-bond acceptors (Lipinski definition) is 3. The van der Waals surface area contributed by atoms with Gasteiger partial charge in [0, 0.05) is 6.61 Å². The molecule has 0 radical (unpaired) electrons. The Morgan fingerprint density at radius 2 is 2.35 bits per heavy atom. The van der Waals surface area contributed by atoms with Gasteiger partial charge in [-0.2, -0.15) is 0 Å². The van der Waals surface area contributed by atoms with E-state index >= 15 is 0 Å². The summed E-state index contributed by atoms with van der Waals surface area (Å²) in [5.41, 5.74) is 4.62. The molecule has 0 bridgehead atoms. The highest BCUT2D eigenvalue weighted by molar-refractivity contribution is 5.88. The van der Waals surface area contributed by atoms with Crippen LogP contribution in [0.15, 0.2) is 30.6 Å². The molecule has 1 aromatic heterocycles. The molecule has 0 spiro atoms. The van der Waals surface area contributed by atoms with Gasteiger partial charge in [-0.1, -0.05) is 12.1 Å². The van der Waals surface area contributed by atoms with Gasteiger partial charge in [-0.25, -0.2) is 9.66 Å². The molecule has 3 rings (SSSR count). The van der Waals surface area contributed by atoms with Crippen LogP contribution < -0.4 is 5.43 Å². The first kappa shape index (κ1) is 10.3. The van der Waals surface area contributed by atoms with E-state index < -0.39 is 0 Å². The molecule has 1 aliphatic rings. The van der Waals surface area contributed by atoms with E-state index in [-0.39, 0.29) is 11.8 Å². The summed E-state index contributed by atoms with van der Waals surface area (Å²) in [7, 11) is 0. The number of benzene rings is 1. The third-order valence-corrected chi connectivity index (χ3v) is 2.98. The predicted molar refractivity (Wildman–Crippen MR) is 63.0 cm³/mol. The van der Waals surface area contributed by atoms with Gasteiger partial charge in [-0.05, 0) is 18.6 Å². The van der Waals surface area contributed by atoms with Crippen LogP contribution in [0, 0.1) is 5.92 Å². The lowest BCUT2D eigenvalue weighted by molar-refractivity contribution is -0.120. The molecule has 0 saturated carbocycles. The number of nitrogens with one attached hydrogen (secondary N) is 1. The van der Waals surface area contributed by atoms with Gasteiger partial charge in [-0.3, -0.25) is 10.2 Å². The minimum atomic E-state index is -0.0452. The highest BCUT2D eigenvalue weighted by Gasteiger charge is 2.23. The van der Waals surface area contributed by atoms with Crippen LogP contribution in [0.4, 0.5) is 0 Å². The van der Waals surface area contributed by atoms with E-state index in [0.717, 1.165) is 17.5 Å². The van der Waals surface area contributed by atoms with E-state index in [9.17, 15) is 4.79 Å². The molecule has 1 amide bonds. The molecule has 2 heterocycles. The van der Waals surface area contributed by atoms with Crippen LogP contribution in [-0.4, -0.2) is 28.8 Å². The number of ether oxygens (including phenoxy) is 1. The monoisotopic (exact) mass is 231 g/mol. The lowest BCUT2D eigenvalue weighted by atomic mass is 10.1. The second-order valence-corrected chi connectivity index (χ2v) is 4.14. The van der Waals surface area contributed by atoms with E-state index in [1.165, 1.54) is 0 Å². The molecule has 0 aliphatic carbocycles. The number of imidazole rings is 1. The number of fused-ring (bicyclic) bond motifs is 1. The number of aromatic nitrogens is 2. The second-order valence-electron chi connectivity index (χ2n) is 4.14. The van der Waals surface area contributed by atoms with Crippen molar-refractivity contribution in [3.05, 3.63) is 30.6 Å². The number of amides is 1. The van der Waals surface area contributed by atoms with Crippen LogP contribution in [0.2, 0.25) is 0 Å². The molecule has 5 heteroatoms. The van der Waals surface area contributed by atoms with E-state index in [4.69, 9.17) is 4.74 Å². The van der Waals surface area contributed by atoms with Gasteiger partial charge in [0.1, 0.15) is 6.33 Å². The summed E-state index contributed by atoms with van der Waals surface area (Å²) in [6.07, 6.45) is 2.41. The van der Waals surface area contributed by atoms with Gasteiger partial charge >= 0.3 is 0 Å². The second kappa shape index (κ2) is 4.18. The highest BCUT2D eigenvalue weighted by Crippen LogP contribution is 2.14. The van der Waals surface area contributed by atoms with E-state index in [2.05, 4.69) is 10.4 Å². The molecular formula is C12H13N3O2. The lowest BCUT2D eigenvalue weighted by Gasteiger charge is -2.10. The van der Waals surface area contributed by atoms with Crippen molar-refractivity contribution in [3.63, 3.8) is 0 Å². The molecule has 1 aliphatic heterocycles. The number of nitrogens with zero attached hydrogens (tertiary/aromatic N) is 2. The molecule has 1 atom stereocenters. The lowest BCUT2D eigenvalue weighted by Crippen LogP contribution is -2.29. The number of hydrogen-bond donors (Lipinski definition) is 1. The fraction of sp³-hybridized carbons (Fsp3) is 0.333. The Bertz CT molecular complexity index is 543. The summed E-state index contributed by atoms with van der Waals surface area (Å²) in [6.45, 7) is 1.18. The number of carbonyl (C=O) groups excluding carboxylic acids is 1. The average molecular weight is 231 g/mol. The zero-order valence-electron chi connectivity index (χ0n) is 9.30. The highest BCUT2D eigenvalue weighted by atomic mass is 16.5. The molecule has 17 heavy (non-hydrogen) atoms. The fourth-order valence-corrected chi connectivity index (χ4v) is 2.00. The summed E-state index contributed by atoms with van der Waals surface area (Å²) < 4.78 is 6.86. The molecule has 1 saturated heterocycles. The summed E-state index contributed by atoms with van der Waals surface area (Å²) in [5.74, 6) is -0.0539. The first-order valence-corrected chi connectivity index (χ1v) is 5.65. The van der Waals surface area contributed by atoms with Crippen LogP contribution in [-0.2, 0) is 9.53 Å². The quantitative estimate of drug-likeness (QED) is 0.843. The number of carbonyl (C=O) groups is 1. The van der Waals surface area contributed by atoms with Crippen LogP contribution in [0.25, 0.3) is 11.0 Å². The number of rotatable bonds is 2. The van der Waals surface area contributed by atoms with Crippen LogP contribution in [0.1, 0.15) is 6.42 Å². The van der Waals surface area contributed by atoms with Gasteiger partial charge in [0.15, 0.2) is 0 Å². The average Bonchev–Trinajstić information content (AvgIpc) is 2.98. The Morgan fingerprint density at radius 3 is 3.18 bits per heavy atom. The Labute approximate surface area is 98.4 Å². The Kier molecular flexibility index (Phi) is 2.53. The largest absolute Gasteiger partial charge is 0.381 e. The molecule has 88 valence electrons. The number of para-hydroxylation sites is 2. The molecular weight excluding hydrogens is 218 g/mol. The Hall–Kier alpha value is -1.88. The van der Waals surface area contributed by atoms with Crippen molar-refractivity contribution in [2.75, 3.05) is 18.6 Å². The molecule has 1 unspecified atom stereocenters. The van der Waals surface area contributed by atoms with Crippen LogP contribution in [0.3, 0.4) is 0 Å². The molecule has 2 aromatic rings. The zero-order valence-corrected chi connectivity index (χ0v) is 9.30. The van der Waals surface area contributed by atoms with Crippen molar-refractivity contribution < 1.29 is 9.53 Å². The first-order valence-electron chi connectivity index (χ1n) is 5.65. The summed E-state index contributed by atoms with van der Waals surface area (Å²) in [4.78, 5) is 16.1. The zero-order chi connectivity index (χ0) is 11.7. The predicted octanol–water partition coefficient (Wildman–Crippen LogP) is 1.14. The van der Waals surface area contributed by atoms with Crippen LogP contribution in [0.5, 0.6) is 0 Å². The van der Waals surface area contributed by atoms with Gasteiger partial charge in [0.05, 0.1) is 23.6 Å². The van der Waals surface area contributed by atoms with Crippen molar-refractivity contribution in [2.24, 2.45) is 5.92 Å². The third-order valence-electron chi connectivity index (χ3n) is 2.98. The first-order chi connectivity index (χ1) is 8.34. The topological polar surface area (TPSA) is 56.2 Å². The molecule has 1 N–H and O–H groups in total. The summed E-state index contributed by atoms with van der Waals surface area (Å²) in [5, 5.41) is 0. The smallest absolute Gasteiger partial charge is 0.244 e. The summed E-state index contributed by atoms with van der Waals surface area (Å²) in [6, 6.07) is 7.68. The molecule has 1 aromatic carbocycles. The van der Waals surface area contributed by atoms with Gasteiger partial charge in [0.2, 0.25) is 5.91 Å². The minimum Gasteiger partial charge on any atom is -0.381 e. The van der Waals surface area contributed by atoms with Crippen LogP contribution >= 0.6 is 0 Å². The van der Waals surface area contributed by atoms with Gasteiger partial charge in [0.25, 0.3) is 0 Å². The maximum atomic E-state index is 11.9. The molecule has 1 fully saturated rings. The van der Waals surface area contributed by atoms with E-state index in [0.29, 0.717) is 13.2 Å². The summed E-state index contributed by atoms with van der Waals surface area (Å²) >= 11 is 0. The van der Waals surface area contributed by atoms with Gasteiger partial charge < -0.3 is 4.74 Å². The minimum absolute atomic E-state index is 0.00865. The van der Waals surface area contributed by atoms with Gasteiger partial charge in [-0.15, -0.1) is 0 Å². The normalized spacial score (nSPS) is 19.6. The Morgan fingerprint density at radius 1 is 1.47 bits per heavy atom. The van der Waals surface area contributed by atoms with E-state index in [1.54, 1.807) is 11.0 Å². The SMILES string of the molecule is O=C(Nn1cnc2ccccc21)C1CCOC1. The Balaban J connectivity index is 1.82. The van der Waals surface area contributed by atoms with Crippen molar-refractivity contribution in [3.8, 4) is 0 Å². The van der Waals surface area contributed by atoms with Crippen molar-refractivity contribution in [1.82, 2.24) is 9.66 Å². The molecule has 5 nitrogen and oxygen atoms in total. The third kappa shape index (κ3) is 1.89. The van der Waals surface area contributed by atoms with E-state index in [1.807, 2.05) is 24.3 Å². The van der Waals surface area contributed by atoms with Crippen molar-refractivity contribution in [2.45, 2.75) is 6.42 Å². The van der Waals surface area contributed by atoms with Crippen molar-refractivity contribution in [1.29, 1.82) is 0 Å². The maximum absolute atomic E-state index is 11.9. The maximum Gasteiger partial charge on any atom is 0.244 e. The standard InChI is InChI=1S/C12H13N3O2/c16-12(9-5-6-17-7-9)14-15-8-13-10-3-1-2-4-11(10)15/h1-4,8-9H,5-7H2,(H,14,16). The van der Waals surface area contributed by atoms with Crippen molar-refractivity contribution >= 4 is 16.9 Å². The fourth-order valence-electron chi connectivity index (χ4n) is 2.00.